The van der Waals surface area contributed by atoms with Crippen LogP contribution in [0.15, 0.2) is 65.3 Å². The van der Waals surface area contributed by atoms with Gasteiger partial charge in [-0.15, -0.1) is 0 Å². The Morgan fingerprint density at radius 1 is 1.14 bits per heavy atom. The van der Waals surface area contributed by atoms with Crippen LogP contribution in [0.1, 0.15) is 21.9 Å². The lowest BCUT2D eigenvalue weighted by Crippen LogP contribution is -2.14. The Bertz CT molecular complexity index is 1110. The summed E-state index contributed by atoms with van der Waals surface area (Å²) in [7, 11) is 0. The molecule has 4 rings (SSSR count). The molecule has 0 aliphatic carbocycles. The first-order valence-corrected chi connectivity index (χ1v) is 8.23. The van der Waals surface area contributed by atoms with Crippen LogP contribution < -0.4 is 0 Å². The van der Waals surface area contributed by atoms with Crippen molar-refractivity contribution in [3.8, 4) is 11.3 Å². The summed E-state index contributed by atoms with van der Waals surface area (Å²) >= 11 is 0. The largest absolute Gasteiger partial charge is 0.671 e. The van der Waals surface area contributed by atoms with Gasteiger partial charge in [-0.3, -0.25) is 0 Å². The number of fused-ring (bicyclic) bond motifs is 1. The third-order valence-electron chi connectivity index (χ3n) is 3.76. The van der Waals surface area contributed by atoms with Gasteiger partial charge >= 0.3 is 12.1 Å². The Kier molecular flexibility index (Phi) is 5.64. The summed E-state index contributed by atoms with van der Waals surface area (Å²) in [6.45, 7) is 0.243. The molecule has 3 aromatic heterocycles. The van der Waals surface area contributed by atoms with Crippen LogP contribution in [0, 0.1) is 0 Å². The van der Waals surface area contributed by atoms with Gasteiger partial charge in [0.15, 0.2) is 17.0 Å². The van der Waals surface area contributed by atoms with Crippen LogP contribution in [0.25, 0.3) is 22.6 Å². The van der Waals surface area contributed by atoms with E-state index >= 15 is 0 Å². The van der Waals surface area contributed by atoms with E-state index in [4.69, 9.17) is 15.3 Å². The molecule has 0 aliphatic heterocycles. The number of hydrogen-bond acceptors (Lipinski definition) is 4. The molecule has 1 aromatic carbocycles. The van der Waals surface area contributed by atoms with E-state index in [1.165, 1.54) is 0 Å². The minimum atomic E-state index is -4.69. The van der Waals surface area contributed by atoms with E-state index in [1.54, 1.807) is 48.7 Å². The molecule has 7 nitrogen and oxygen atoms in total. The van der Waals surface area contributed by atoms with E-state index in [9.17, 15) is 18.0 Å². The van der Waals surface area contributed by atoms with Crippen molar-refractivity contribution in [3.63, 3.8) is 0 Å². The van der Waals surface area contributed by atoms with Crippen molar-refractivity contribution in [2.24, 2.45) is 0 Å². The number of benzene rings is 1. The number of aromatic carboxylic acids is 1. The van der Waals surface area contributed by atoms with Gasteiger partial charge in [-0.25, -0.2) is 14.3 Å². The molecule has 0 amide bonds. The smallest absolute Gasteiger partial charge is 0.433 e. The summed E-state index contributed by atoms with van der Waals surface area (Å²) in [5.41, 5.74) is 5.60. The second kappa shape index (κ2) is 8.15. The van der Waals surface area contributed by atoms with Gasteiger partial charge in [-0.2, -0.15) is 18.3 Å². The predicted molar refractivity (Wildman–Crippen MR) is 97.1 cm³/mol. The van der Waals surface area contributed by atoms with E-state index in [-0.39, 0.29) is 17.9 Å². The molecule has 150 valence electrons. The molecular weight excluding hydrogens is 389 g/mol. The summed E-state index contributed by atoms with van der Waals surface area (Å²) in [6, 6.07) is 13.7. The van der Waals surface area contributed by atoms with Gasteiger partial charge in [0.1, 0.15) is 0 Å². The maximum Gasteiger partial charge on any atom is 0.433 e. The highest BCUT2D eigenvalue weighted by Gasteiger charge is 2.35. The molecule has 0 atom stereocenters. The van der Waals surface area contributed by atoms with E-state index in [0.29, 0.717) is 10.1 Å². The van der Waals surface area contributed by atoms with Gasteiger partial charge in [0.2, 0.25) is 0 Å². The van der Waals surface area contributed by atoms with Gasteiger partial charge in [0, 0.05) is 11.6 Å². The first-order valence-electron chi connectivity index (χ1n) is 8.23. The number of carbonyl (C=O) groups is 1. The fourth-order valence-corrected chi connectivity index (χ4v) is 2.45. The molecule has 0 bridgehead atoms. The summed E-state index contributed by atoms with van der Waals surface area (Å²) in [5.74, 6) is -0.695. The monoisotopic (exact) mass is 403 g/mol. The minimum Gasteiger partial charge on any atom is -0.671 e. The van der Waals surface area contributed by atoms with Crippen LogP contribution in [-0.4, -0.2) is 25.7 Å². The van der Waals surface area contributed by atoms with Crippen molar-refractivity contribution in [3.05, 3.63) is 83.7 Å². The number of alkyl halides is 3. The van der Waals surface area contributed by atoms with E-state index in [2.05, 4.69) is 10.1 Å². The molecule has 0 aliphatic rings. The molecule has 2 N–H and O–H groups in total. The average molecular weight is 403 g/mol. The van der Waals surface area contributed by atoms with Crippen LogP contribution in [0.3, 0.4) is 0 Å². The number of nitrogens with one attached hydrogen (secondary N) is 1. The highest BCUT2D eigenvalue weighted by atomic mass is 19.4. The maximum atomic E-state index is 13.2. The highest BCUT2D eigenvalue weighted by molar-refractivity contribution is 5.86. The zero-order valence-corrected chi connectivity index (χ0v) is 14.7. The van der Waals surface area contributed by atoms with Crippen LogP contribution in [0.2, 0.25) is 0 Å². The Labute approximate surface area is 162 Å². The van der Waals surface area contributed by atoms with E-state index in [0.717, 1.165) is 17.9 Å². The van der Waals surface area contributed by atoms with Crippen LogP contribution >= 0.6 is 0 Å². The zero-order valence-electron chi connectivity index (χ0n) is 14.7. The molecule has 0 radical (unpaired) electrons. The van der Waals surface area contributed by atoms with Crippen molar-refractivity contribution in [1.82, 2.24) is 14.6 Å². The number of nitrogens with zero attached hydrogens (tertiary/aromatic N) is 3. The summed E-state index contributed by atoms with van der Waals surface area (Å²) in [6.07, 6.45) is -3.11. The number of carboxylic acid groups (broad SMARTS) is 1. The molecular formula is C19H14F3N4O3-. The zero-order chi connectivity index (χ0) is 21.0. The van der Waals surface area contributed by atoms with E-state index < -0.39 is 23.5 Å². The Morgan fingerprint density at radius 2 is 1.86 bits per heavy atom. The Hall–Kier alpha value is -3.66. The molecule has 29 heavy (non-hydrogen) atoms. The van der Waals surface area contributed by atoms with Crippen molar-refractivity contribution >= 4 is 11.6 Å². The fraction of sp³-hybridized carbons (Fsp3) is 0.105. The minimum absolute atomic E-state index is 0.0947. The van der Waals surface area contributed by atoms with Crippen LogP contribution in [-0.2, 0) is 12.7 Å². The number of carboxylic acids is 1. The second-order valence-electron chi connectivity index (χ2n) is 5.75. The lowest BCUT2D eigenvalue weighted by Gasteiger charge is -2.10. The number of aromatic nitrogens is 3. The maximum absolute atomic E-state index is 13.2. The van der Waals surface area contributed by atoms with Gasteiger partial charge in [0.25, 0.3) is 0 Å². The molecule has 3 heterocycles. The fourth-order valence-electron chi connectivity index (χ4n) is 2.45. The number of halogens is 3. The second-order valence-corrected chi connectivity index (χ2v) is 5.75. The number of rotatable bonds is 3. The van der Waals surface area contributed by atoms with Gasteiger partial charge < -0.3 is 15.3 Å². The lowest BCUT2D eigenvalue weighted by molar-refractivity contribution is -0.142. The quantitative estimate of drug-likeness (QED) is 0.521. The standard InChI is InChI=1S/C14H8F3N3O2.C5H6NO/c15-14(16,17)11-6-9(8-4-2-1-3-5-8)18-12-7-10(13(21)22)19-20(11)12;6-4-5-2-1-3-7-5/h1-7H,(H,21,22);1-3,6H,4H2/q;-1. The van der Waals surface area contributed by atoms with Gasteiger partial charge in [-0.05, 0) is 18.2 Å². The lowest BCUT2D eigenvalue weighted by atomic mass is 10.1. The van der Waals surface area contributed by atoms with Crippen molar-refractivity contribution in [1.29, 1.82) is 0 Å². The van der Waals surface area contributed by atoms with Crippen LogP contribution in [0.4, 0.5) is 13.2 Å². The Morgan fingerprint density at radius 3 is 2.38 bits per heavy atom. The topological polar surface area (TPSA) is 104 Å². The van der Waals surface area contributed by atoms with Crippen LogP contribution in [0.5, 0.6) is 0 Å². The first-order chi connectivity index (χ1) is 13.8. The third kappa shape index (κ3) is 4.61. The number of furan rings is 1. The average Bonchev–Trinajstić information content (AvgIpc) is 3.37. The molecule has 0 saturated heterocycles. The molecule has 0 unspecified atom stereocenters. The van der Waals surface area contributed by atoms with Crippen molar-refractivity contribution in [2.45, 2.75) is 12.7 Å². The normalized spacial score (nSPS) is 11.2. The number of hydrogen-bond donors (Lipinski definition) is 1. The molecule has 10 heteroatoms. The van der Waals surface area contributed by atoms with E-state index in [1.807, 2.05) is 0 Å². The van der Waals surface area contributed by atoms with Crippen molar-refractivity contribution < 1.29 is 27.5 Å². The first kappa shape index (κ1) is 20.1. The molecule has 4 aromatic rings. The van der Waals surface area contributed by atoms with Gasteiger partial charge in [-0.1, -0.05) is 36.9 Å². The molecule has 0 spiro atoms. The summed E-state index contributed by atoms with van der Waals surface area (Å²) < 4.78 is 44.9. The highest BCUT2D eigenvalue weighted by Crippen LogP contribution is 2.32. The van der Waals surface area contributed by atoms with Crippen molar-refractivity contribution in [2.75, 3.05) is 0 Å². The molecule has 0 fully saturated rings. The van der Waals surface area contributed by atoms with Gasteiger partial charge in [0.05, 0.1) is 17.7 Å². The Balaban J connectivity index is 0.000000290. The molecule has 0 saturated carbocycles. The third-order valence-corrected chi connectivity index (χ3v) is 3.76. The predicted octanol–water partition coefficient (Wildman–Crippen LogP) is 4.95. The summed E-state index contributed by atoms with van der Waals surface area (Å²) in [4.78, 5) is 15.0. The summed E-state index contributed by atoms with van der Waals surface area (Å²) in [5, 5.41) is 12.3. The SMILES string of the molecule is O=C(O)c1cc2nc(-c3ccccc3)cc(C(F)(F)F)n2n1.[NH-]Cc1ccco1.